The standard InChI is InChI=1S/C21H21NO4S/c1-4-16-19(21(23)24)27-20(22-16)15-9-10-17(18(11-15)25-3)26-12-14-7-5-13(2)6-8-14/h5-11H,4,12H2,1-3H3,(H,23,24). The fraction of sp³-hybridized carbons (Fsp3) is 0.238. The first-order chi connectivity index (χ1) is 13.0. The molecule has 140 valence electrons. The first-order valence-corrected chi connectivity index (χ1v) is 9.43. The molecule has 3 aromatic rings. The lowest BCUT2D eigenvalue weighted by atomic mass is 10.1. The van der Waals surface area contributed by atoms with Crippen molar-refractivity contribution in [2.45, 2.75) is 26.9 Å². The minimum Gasteiger partial charge on any atom is -0.493 e. The number of hydrogen-bond acceptors (Lipinski definition) is 5. The van der Waals surface area contributed by atoms with Gasteiger partial charge < -0.3 is 14.6 Å². The molecule has 6 heteroatoms. The van der Waals surface area contributed by atoms with Gasteiger partial charge in [-0.05, 0) is 37.1 Å². The first kappa shape index (κ1) is 18.9. The average Bonchev–Trinajstić information content (AvgIpc) is 3.12. The zero-order valence-electron chi connectivity index (χ0n) is 15.5. The van der Waals surface area contributed by atoms with Crippen LogP contribution in [0.5, 0.6) is 11.5 Å². The summed E-state index contributed by atoms with van der Waals surface area (Å²) in [6.45, 7) is 4.38. The Bertz CT molecular complexity index is 947. The van der Waals surface area contributed by atoms with E-state index in [0.29, 0.717) is 35.2 Å². The molecule has 3 rings (SSSR count). The van der Waals surface area contributed by atoms with Crippen LogP contribution < -0.4 is 9.47 Å². The second kappa shape index (κ2) is 8.22. The van der Waals surface area contributed by atoms with E-state index in [-0.39, 0.29) is 4.88 Å². The Labute approximate surface area is 162 Å². The Morgan fingerprint density at radius 2 is 1.89 bits per heavy atom. The van der Waals surface area contributed by atoms with Gasteiger partial charge in [-0.1, -0.05) is 36.8 Å². The van der Waals surface area contributed by atoms with Gasteiger partial charge in [0.05, 0.1) is 12.8 Å². The summed E-state index contributed by atoms with van der Waals surface area (Å²) in [4.78, 5) is 16.1. The SMILES string of the molecule is CCc1nc(-c2ccc(OCc3ccc(C)cc3)c(OC)c2)sc1C(=O)O. The van der Waals surface area contributed by atoms with Crippen molar-refractivity contribution in [1.82, 2.24) is 4.98 Å². The molecule has 1 aromatic heterocycles. The van der Waals surface area contributed by atoms with Crippen molar-refractivity contribution < 1.29 is 19.4 Å². The normalized spacial score (nSPS) is 10.6. The summed E-state index contributed by atoms with van der Waals surface area (Å²) in [6.07, 6.45) is 0.576. The number of aryl methyl sites for hydroxylation is 2. The molecule has 0 saturated carbocycles. The summed E-state index contributed by atoms with van der Waals surface area (Å²) in [6, 6.07) is 13.7. The van der Waals surface area contributed by atoms with Gasteiger partial charge in [0.25, 0.3) is 0 Å². The van der Waals surface area contributed by atoms with Crippen LogP contribution in [-0.2, 0) is 13.0 Å². The molecular formula is C21H21NO4S. The van der Waals surface area contributed by atoms with Gasteiger partial charge in [0.15, 0.2) is 11.5 Å². The summed E-state index contributed by atoms with van der Waals surface area (Å²) in [5.74, 6) is 0.276. The van der Waals surface area contributed by atoms with E-state index < -0.39 is 5.97 Å². The highest BCUT2D eigenvalue weighted by molar-refractivity contribution is 7.17. The van der Waals surface area contributed by atoms with Gasteiger partial charge >= 0.3 is 5.97 Å². The van der Waals surface area contributed by atoms with Crippen molar-refractivity contribution >= 4 is 17.3 Å². The first-order valence-electron chi connectivity index (χ1n) is 8.61. The van der Waals surface area contributed by atoms with Crippen LogP contribution in [0.3, 0.4) is 0 Å². The fourth-order valence-electron chi connectivity index (χ4n) is 2.65. The predicted octanol–water partition coefficient (Wildman–Crippen LogP) is 4.97. The van der Waals surface area contributed by atoms with E-state index in [9.17, 15) is 9.90 Å². The maximum atomic E-state index is 11.4. The van der Waals surface area contributed by atoms with Gasteiger partial charge in [0, 0.05) is 5.56 Å². The van der Waals surface area contributed by atoms with Crippen LogP contribution in [0.2, 0.25) is 0 Å². The molecule has 5 nitrogen and oxygen atoms in total. The minimum absolute atomic E-state index is 0.283. The van der Waals surface area contributed by atoms with E-state index in [2.05, 4.69) is 4.98 Å². The Morgan fingerprint density at radius 1 is 1.15 bits per heavy atom. The van der Waals surface area contributed by atoms with Crippen molar-refractivity contribution in [1.29, 1.82) is 0 Å². The number of carboxylic acid groups (broad SMARTS) is 1. The van der Waals surface area contributed by atoms with E-state index in [1.807, 2.05) is 56.3 Å². The number of rotatable bonds is 7. The van der Waals surface area contributed by atoms with E-state index >= 15 is 0 Å². The highest BCUT2D eigenvalue weighted by atomic mass is 32.1. The summed E-state index contributed by atoms with van der Waals surface area (Å²) < 4.78 is 11.4. The molecule has 0 atom stereocenters. The second-order valence-corrected chi connectivity index (χ2v) is 7.09. The summed E-state index contributed by atoms with van der Waals surface area (Å²) in [5.41, 5.74) is 3.68. The van der Waals surface area contributed by atoms with E-state index in [1.165, 1.54) is 16.9 Å². The maximum absolute atomic E-state index is 11.4. The lowest BCUT2D eigenvalue weighted by molar-refractivity contribution is 0.0701. The van der Waals surface area contributed by atoms with Crippen molar-refractivity contribution in [2.24, 2.45) is 0 Å². The Balaban J connectivity index is 1.83. The number of hydrogen-bond donors (Lipinski definition) is 1. The number of aromatic nitrogens is 1. The van der Waals surface area contributed by atoms with Crippen LogP contribution in [0.15, 0.2) is 42.5 Å². The van der Waals surface area contributed by atoms with Gasteiger partial charge in [-0.25, -0.2) is 9.78 Å². The molecular weight excluding hydrogens is 362 g/mol. The fourth-order valence-corrected chi connectivity index (χ4v) is 3.64. The van der Waals surface area contributed by atoms with Crippen LogP contribution in [0.1, 0.15) is 33.4 Å². The van der Waals surface area contributed by atoms with E-state index in [0.717, 1.165) is 11.1 Å². The Morgan fingerprint density at radius 3 is 2.48 bits per heavy atom. The topological polar surface area (TPSA) is 68.7 Å². The molecule has 0 saturated heterocycles. The lowest BCUT2D eigenvalue weighted by Crippen LogP contribution is -1.98. The lowest BCUT2D eigenvalue weighted by Gasteiger charge is -2.12. The number of thiazole rings is 1. The molecule has 0 bridgehead atoms. The molecule has 0 amide bonds. The zero-order valence-corrected chi connectivity index (χ0v) is 16.3. The number of carbonyl (C=O) groups is 1. The van der Waals surface area contributed by atoms with Crippen molar-refractivity contribution in [3.63, 3.8) is 0 Å². The maximum Gasteiger partial charge on any atom is 0.347 e. The predicted molar refractivity (Wildman–Crippen MR) is 106 cm³/mol. The van der Waals surface area contributed by atoms with Crippen molar-refractivity contribution in [2.75, 3.05) is 7.11 Å². The van der Waals surface area contributed by atoms with Crippen molar-refractivity contribution in [3.05, 3.63) is 64.2 Å². The third kappa shape index (κ3) is 4.28. The summed E-state index contributed by atoms with van der Waals surface area (Å²) in [5, 5.41) is 9.98. The summed E-state index contributed by atoms with van der Waals surface area (Å²) >= 11 is 1.17. The van der Waals surface area contributed by atoms with Gasteiger partial charge in [-0.2, -0.15) is 0 Å². The van der Waals surface area contributed by atoms with Gasteiger partial charge in [0.1, 0.15) is 16.5 Å². The van der Waals surface area contributed by atoms with Gasteiger partial charge in [-0.3, -0.25) is 0 Å². The monoisotopic (exact) mass is 383 g/mol. The Kier molecular flexibility index (Phi) is 5.76. The minimum atomic E-state index is -0.944. The third-order valence-electron chi connectivity index (χ3n) is 4.15. The molecule has 1 N–H and O–H groups in total. The summed E-state index contributed by atoms with van der Waals surface area (Å²) in [7, 11) is 1.58. The third-order valence-corrected chi connectivity index (χ3v) is 5.29. The molecule has 0 aliphatic heterocycles. The van der Waals surface area contributed by atoms with Gasteiger partial charge in [0.2, 0.25) is 0 Å². The zero-order chi connectivity index (χ0) is 19.4. The largest absolute Gasteiger partial charge is 0.493 e. The molecule has 0 spiro atoms. The number of benzene rings is 2. The van der Waals surface area contributed by atoms with Crippen LogP contribution in [-0.4, -0.2) is 23.2 Å². The quantitative estimate of drug-likeness (QED) is 0.624. The van der Waals surface area contributed by atoms with Crippen LogP contribution in [0, 0.1) is 6.92 Å². The number of ether oxygens (including phenoxy) is 2. The van der Waals surface area contributed by atoms with Crippen LogP contribution in [0.4, 0.5) is 0 Å². The van der Waals surface area contributed by atoms with Crippen LogP contribution in [0.25, 0.3) is 10.6 Å². The number of nitrogens with zero attached hydrogens (tertiary/aromatic N) is 1. The molecule has 0 aliphatic rings. The molecule has 27 heavy (non-hydrogen) atoms. The van der Waals surface area contributed by atoms with Crippen LogP contribution >= 0.6 is 11.3 Å². The molecule has 0 aliphatic carbocycles. The van der Waals surface area contributed by atoms with Gasteiger partial charge in [-0.15, -0.1) is 11.3 Å². The molecule has 0 fully saturated rings. The molecule has 0 unspecified atom stereocenters. The van der Waals surface area contributed by atoms with Crippen molar-refractivity contribution in [3.8, 4) is 22.1 Å². The van der Waals surface area contributed by atoms with E-state index in [1.54, 1.807) is 7.11 Å². The molecule has 0 radical (unpaired) electrons. The average molecular weight is 383 g/mol. The number of carboxylic acids is 1. The smallest absolute Gasteiger partial charge is 0.347 e. The highest BCUT2D eigenvalue weighted by Gasteiger charge is 2.18. The van der Waals surface area contributed by atoms with E-state index in [4.69, 9.17) is 9.47 Å². The number of aromatic carboxylic acids is 1. The molecule has 2 aromatic carbocycles. The highest BCUT2D eigenvalue weighted by Crippen LogP contribution is 2.35. The number of methoxy groups -OCH3 is 1. The Hall–Kier alpha value is -2.86. The second-order valence-electron chi connectivity index (χ2n) is 6.09. The molecule has 1 heterocycles.